The molecule has 0 amide bonds. The van der Waals surface area contributed by atoms with Crippen molar-refractivity contribution in [2.75, 3.05) is 47.0 Å². The average Bonchev–Trinajstić information content (AvgIpc) is 3.27. The number of halogens is 1. The third kappa shape index (κ3) is 7.57. The van der Waals surface area contributed by atoms with Crippen molar-refractivity contribution in [3.8, 4) is 5.75 Å². The van der Waals surface area contributed by atoms with E-state index < -0.39 is 0 Å². The summed E-state index contributed by atoms with van der Waals surface area (Å²) in [6.07, 6.45) is 0. The molecule has 1 aromatic carbocycles. The van der Waals surface area contributed by atoms with Crippen molar-refractivity contribution < 1.29 is 9.47 Å². The standard InChI is InChI=1S/C23H35N5O2S.HI/c1-23(2,3)21-27-18(16-31-21)14-25-22(24-4)26-15-20(28-10-12-30-13-11-28)17-6-8-19(29-5)9-7-17;/h6-9,16,20H,10-15H2,1-5H3,(H2,24,25,26);1H. The molecule has 178 valence electrons. The van der Waals surface area contributed by atoms with Crippen LogP contribution in [0.15, 0.2) is 34.6 Å². The second-order valence-electron chi connectivity index (χ2n) is 8.64. The molecular formula is C23H36IN5O2S. The molecule has 0 aliphatic carbocycles. The van der Waals surface area contributed by atoms with Crippen molar-refractivity contribution in [1.29, 1.82) is 0 Å². The Morgan fingerprint density at radius 3 is 2.47 bits per heavy atom. The zero-order valence-corrected chi connectivity index (χ0v) is 22.8. The molecule has 0 bridgehead atoms. The Bertz CT molecular complexity index is 845. The van der Waals surface area contributed by atoms with Crippen LogP contribution in [0.4, 0.5) is 0 Å². The van der Waals surface area contributed by atoms with Crippen molar-refractivity contribution in [1.82, 2.24) is 20.5 Å². The molecule has 7 nitrogen and oxygen atoms in total. The van der Waals surface area contributed by atoms with E-state index in [0.717, 1.165) is 55.3 Å². The molecule has 0 saturated carbocycles. The highest BCUT2D eigenvalue weighted by Crippen LogP contribution is 2.26. The van der Waals surface area contributed by atoms with Crippen LogP contribution in [0.5, 0.6) is 5.75 Å². The first-order valence-electron chi connectivity index (χ1n) is 10.8. The zero-order valence-electron chi connectivity index (χ0n) is 19.7. The topological polar surface area (TPSA) is 71.0 Å². The molecule has 2 aromatic rings. The summed E-state index contributed by atoms with van der Waals surface area (Å²) in [5.41, 5.74) is 2.37. The Kier molecular flexibility index (Phi) is 10.7. The van der Waals surface area contributed by atoms with E-state index in [1.165, 1.54) is 5.56 Å². The van der Waals surface area contributed by atoms with Crippen molar-refractivity contribution in [2.24, 2.45) is 4.99 Å². The molecule has 1 atom stereocenters. The quantitative estimate of drug-likeness (QED) is 0.299. The fraction of sp³-hybridized carbons (Fsp3) is 0.565. The number of ether oxygens (including phenoxy) is 2. The maximum Gasteiger partial charge on any atom is 0.191 e. The Morgan fingerprint density at radius 1 is 1.22 bits per heavy atom. The summed E-state index contributed by atoms with van der Waals surface area (Å²) in [6, 6.07) is 8.54. The van der Waals surface area contributed by atoms with E-state index in [4.69, 9.17) is 14.5 Å². The monoisotopic (exact) mass is 573 g/mol. The highest BCUT2D eigenvalue weighted by Gasteiger charge is 2.23. The number of hydrogen-bond donors (Lipinski definition) is 2. The highest BCUT2D eigenvalue weighted by atomic mass is 127. The highest BCUT2D eigenvalue weighted by molar-refractivity contribution is 14.0. The van der Waals surface area contributed by atoms with E-state index in [0.29, 0.717) is 6.54 Å². The number of aliphatic imine (C=N–C) groups is 1. The Balaban J connectivity index is 0.00000363. The van der Waals surface area contributed by atoms with Crippen LogP contribution in [0.1, 0.15) is 43.1 Å². The molecule has 9 heteroatoms. The number of benzene rings is 1. The van der Waals surface area contributed by atoms with Crippen LogP contribution < -0.4 is 15.4 Å². The van der Waals surface area contributed by atoms with Gasteiger partial charge in [0.15, 0.2) is 5.96 Å². The molecule has 0 spiro atoms. The molecule has 0 radical (unpaired) electrons. The molecular weight excluding hydrogens is 537 g/mol. The molecule has 2 N–H and O–H groups in total. The lowest BCUT2D eigenvalue weighted by Gasteiger charge is -2.35. The minimum absolute atomic E-state index is 0. The van der Waals surface area contributed by atoms with Crippen molar-refractivity contribution in [3.05, 3.63) is 45.9 Å². The number of aromatic nitrogens is 1. The third-order valence-corrected chi connectivity index (χ3v) is 6.62. The lowest BCUT2D eigenvalue weighted by Crippen LogP contribution is -2.46. The molecule has 1 aromatic heterocycles. The van der Waals surface area contributed by atoms with Gasteiger partial charge in [-0.25, -0.2) is 4.98 Å². The van der Waals surface area contributed by atoms with Gasteiger partial charge in [-0.05, 0) is 17.7 Å². The Hall–Kier alpha value is -1.43. The van der Waals surface area contributed by atoms with Gasteiger partial charge in [0.1, 0.15) is 5.75 Å². The molecule has 1 saturated heterocycles. The van der Waals surface area contributed by atoms with Crippen molar-refractivity contribution in [3.63, 3.8) is 0 Å². The van der Waals surface area contributed by atoms with Crippen molar-refractivity contribution >= 4 is 41.3 Å². The van der Waals surface area contributed by atoms with E-state index in [1.54, 1.807) is 25.5 Å². The summed E-state index contributed by atoms with van der Waals surface area (Å²) in [5.74, 6) is 1.64. The van der Waals surface area contributed by atoms with E-state index >= 15 is 0 Å². The summed E-state index contributed by atoms with van der Waals surface area (Å²) >= 11 is 1.71. The van der Waals surface area contributed by atoms with Crippen LogP contribution in [-0.4, -0.2) is 62.8 Å². The van der Waals surface area contributed by atoms with Gasteiger partial charge >= 0.3 is 0 Å². The summed E-state index contributed by atoms with van der Waals surface area (Å²) in [7, 11) is 3.49. The van der Waals surface area contributed by atoms with E-state index in [1.807, 2.05) is 12.1 Å². The van der Waals surface area contributed by atoms with Crippen LogP contribution in [0, 0.1) is 0 Å². The second kappa shape index (κ2) is 12.7. The number of methoxy groups -OCH3 is 1. The molecule has 3 rings (SSSR count). The predicted octanol–water partition coefficient (Wildman–Crippen LogP) is 3.81. The average molecular weight is 574 g/mol. The minimum Gasteiger partial charge on any atom is -0.497 e. The first-order chi connectivity index (χ1) is 14.9. The SMILES string of the molecule is CN=C(NCc1csc(C(C)(C)C)n1)NCC(c1ccc(OC)cc1)N1CCOCC1.I. The van der Waals surface area contributed by atoms with Gasteiger partial charge in [0, 0.05) is 37.5 Å². The van der Waals surface area contributed by atoms with Crippen LogP contribution >= 0.6 is 35.3 Å². The molecule has 1 unspecified atom stereocenters. The summed E-state index contributed by atoms with van der Waals surface area (Å²) < 4.78 is 10.9. The van der Waals surface area contributed by atoms with Crippen LogP contribution in [0.3, 0.4) is 0 Å². The second-order valence-corrected chi connectivity index (χ2v) is 9.50. The molecule has 1 fully saturated rings. The maximum absolute atomic E-state index is 5.56. The molecule has 2 heterocycles. The number of nitrogens with one attached hydrogen (secondary N) is 2. The number of hydrogen-bond acceptors (Lipinski definition) is 6. The first kappa shape index (κ1) is 26.8. The molecule has 32 heavy (non-hydrogen) atoms. The van der Waals surface area contributed by atoms with Gasteiger partial charge in [-0.15, -0.1) is 35.3 Å². The van der Waals surface area contributed by atoms with Crippen LogP contribution in [0.25, 0.3) is 0 Å². The third-order valence-electron chi connectivity index (χ3n) is 5.30. The van der Waals surface area contributed by atoms with Gasteiger partial charge in [-0.3, -0.25) is 9.89 Å². The largest absolute Gasteiger partial charge is 0.497 e. The number of guanidine groups is 1. The van der Waals surface area contributed by atoms with Gasteiger partial charge in [-0.1, -0.05) is 32.9 Å². The number of nitrogens with zero attached hydrogens (tertiary/aromatic N) is 3. The van der Waals surface area contributed by atoms with Gasteiger partial charge in [0.25, 0.3) is 0 Å². The smallest absolute Gasteiger partial charge is 0.191 e. The predicted molar refractivity (Wildman–Crippen MR) is 143 cm³/mol. The number of rotatable bonds is 7. The van der Waals surface area contributed by atoms with Gasteiger partial charge in [0.05, 0.1) is 43.6 Å². The van der Waals surface area contributed by atoms with Crippen LogP contribution in [-0.2, 0) is 16.7 Å². The summed E-state index contributed by atoms with van der Waals surface area (Å²) in [6.45, 7) is 11.3. The zero-order chi connectivity index (χ0) is 22.3. The lowest BCUT2D eigenvalue weighted by molar-refractivity contribution is 0.0170. The number of morpholine rings is 1. The molecule has 1 aliphatic rings. The normalized spacial score (nSPS) is 16.2. The minimum atomic E-state index is 0. The van der Waals surface area contributed by atoms with Crippen molar-refractivity contribution in [2.45, 2.75) is 38.8 Å². The van der Waals surface area contributed by atoms with Gasteiger partial charge in [0.2, 0.25) is 0 Å². The van der Waals surface area contributed by atoms with Gasteiger partial charge < -0.3 is 20.1 Å². The van der Waals surface area contributed by atoms with Crippen LogP contribution in [0.2, 0.25) is 0 Å². The van der Waals surface area contributed by atoms with Gasteiger partial charge in [-0.2, -0.15) is 0 Å². The summed E-state index contributed by atoms with van der Waals surface area (Å²) in [4.78, 5) is 11.6. The Labute approximate surface area is 213 Å². The van der Waals surface area contributed by atoms with E-state index in [9.17, 15) is 0 Å². The molecule has 1 aliphatic heterocycles. The first-order valence-corrected chi connectivity index (χ1v) is 11.6. The fourth-order valence-corrected chi connectivity index (χ4v) is 4.40. The Morgan fingerprint density at radius 2 is 1.91 bits per heavy atom. The number of thiazole rings is 1. The lowest BCUT2D eigenvalue weighted by atomic mass is 9.98. The summed E-state index contributed by atoms with van der Waals surface area (Å²) in [5, 5.41) is 10.2. The maximum atomic E-state index is 5.56. The van der Waals surface area contributed by atoms with E-state index in [-0.39, 0.29) is 35.4 Å². The van der Waals surface area contributed by atoms with E-state index in [2.05, 4.69) is 58.8 Å². The fourth-order valence-electron chi connectivity index (χ4n) is 3.49.